The summed E-state index contributed by atoms with van der Waals surface area (Å²) < 4.78 is 4.86. The summed E-state index contributed by atoms with van der Waals surface area (Å²) in [5.74, 6) is -1.17. The van der Waals surface area contributed by atoms with Crippen LogP contribution in [-0.2, 0) is 14.3 Å². The molecule has 0 aliphatic carbocycles. The first-order valence-electron chi connectivity index (χ1n) is 6.55. The summed E-state index contributed by atoms with van der Waals surface area (Å²) in [6, 6.07) is 7.61. The Balaban J connectivity index is 2.89. The summed E-state index contributed by atoms with van der Waals surface area (Å²) in [5.41, 5.74) is 0.566. The molecule has 1 atom stereocenters. The predicted molar refractivity (Wildman–Crippen MR) is 79.2 cm³/mol. The summed E-state index contributed by atoms with van der Waals surface area (Å²) in [6.07, 6.45) is 2.83. The lowest BCUT2D eigenvalue weighted by Gasteiger charge is -2.08. The second-order valence-electron chi connectivity index (χ2n) is 4.39. The third kappa shape index (κ3) is 5.99. The maximum atomic E-state index is 12.0. The maximum Gasteiger partial charge on any atom is 0.340 e. The van der Waals surface area contributed by atoms with Gasteiger partial charge in [-0.1, -0.05) is 18.2 Å². The first-order chi connectivity index (χ1) is 10.0. The Bertz CT molecular complexity index is 524. The molecule has 0 saturated carbocycles. The minimum atomic E-state index is -1.28. The van der Waals surface area contributed by atoms with Crippen LogP contribution in [0.4, 0.5) is 5.69 Å². The maximum absolute atomic E-state index is 12.0. The number of carbonyl (C=O) groups excluding carboxylic acids is 2. The average Bonchev–Trinajstić information content (AvgIpc) is 2.46. The highest BCUT2D eigenvalue weighted by atomic mass is 16.5. The third-order valence-electron chi connectivity index (χ3n) is 2.36. The van der Waals surface area contributed by atoms with Crippen LogP contribution >= 0.6 is 0 Å². The molecule has 0 aliphatic heterocycles. The van der Waals surface area contributed by atoms with E-state index in [0.717, 1.165) is 0 Å². The van der Waals surface area contributed by atoms with E-state index >= 15 is 0 Å². The van der Waals surface area contributed by atoms with Gasteiger partial charge in [0.05, 0.1) is 12.3 Å². The van der Waals surface area contributed by atoms with Crippen molar-refractivity contribution < 1.29 is 14.3 Å². The van der Waals surface area contributed by atoms with Gasteiger partial charge in [-0.05, 0) is 25.1 Å². The Morgan fingerprint density at radius 3 is 2.52 bits per heavy atom. The minimum absolute atomic E-state index is 0.181. The van der Waals surface area contributed by atoms with Crippen molar-refractivity contribution in [1.82, 2.24) is 4.90 Å². The van der Waals surface area contributed by atoms with E-state index in [9.17, 15) is 9.59 Å². The lowest BCUT2D eigenvalue weighted by Crippen LogP contribution is -2.29. The molecule has 0 radical (unpaired) electrons. The largest absolute Gasteiger partial charge is 0.464 e. The van der Waals surface area contributed by atoms with E-state index in [-0.39, 0.29) is 6.61 Å². The fourth-order valence-electron chi connectivity index (χ4n) is 1.37. The highest BCUT2D eigenvalue weighted by Gasteiger charge is 2.26. The van der Waals surface area contributed by atoms with E-state index in [4.69, 9.17) is 4.74 Å². The molecule has 1 aromatic rings. The van der Waals surface area contributed by atoms with Crippen LogP contribution in [0, 0.1) is 0 Å². The van der Waals surface area contributed by atoms with Crippen molar-refractivity contribution in [3.8, 4) is 0 Å². The Hall–Kier alpha value is -2.50. The number of hydrogen-bond acceptors (Lipinski definition) is 6. The fourth-order valence-corrected chi connectivity index (χ4v) is 1.37. The molecule has 1 unspecified atom stereocenters. The van der Waals surface area contributed by atoms with Gasteiger partial charge >= 0.3 is 5.97 Å². The smallest absolute Gasteiger partial charge is 0.340 e. The second-order valence-corrected chi connectivity index (χ2v) is 4.39. The van der Waals surface area contributed by atoms with Crippen molar-refractivity contribution in [1.29, 1.82) is 0 Å². The molecule has 21 heavy (non-hydrogen) atoms. The van der Waals surface area contributed by atoms with E-state index in [1.165, 1.54) is 6.08 Å². The molecule has 0 spiro atoms. The van der Waals surface area contributed by atoms with Crippen molar-refractivity contribution in [3.63, 3.8) is 0 Å². The van der Waals surface area contributed by atoms with Crippen LogP contribution in [0.2, 0.25) is 0 Å². The van der Waals surface area contributed by atoms with E-state index < -0.39 is 17.8 Å². The Labute approximate surface area is 124 Å². The predicted octanol–water partition coefficient (Wildman–Crippen LogP) is 2.35. The van der Waals surface area contributed by atoms with Gasteiger partial charge in [0, 0.05) is 20.3 Å². The molecule has 0 bridgehead atoms. The molecule has 0 amide bonds. The lowest BCUT2D eigenvalue weighted by atomic mass is 10.2. The Morgan fingerprint density at radius 2 is 1.95 bits per heavy atom. The third-order valence-corrected chi connectivity index (χ3v) is 2.36. The molecule has 0 N–H and O–H groups in total. The quantitative estimate of drug-likeness (QED) is 0.334. The summed E-state index contributed by atoms with van der Waals surface area (Å²) in [6.45, 7) is 1.85. The number of hydrogen-bond donors (Lipinski definition) is 0. The van der Waals surface area contributed by atoms with Crippen molar-refractivity contribution in [2.24, 2.45) is 10.2 Å². The van der Waals surface area contributed by atoms with Gasteiger partial charge in [0.2, 0.25) is 6.04 Å². The zero-order valence-electron chi connectivity index (χ0n) is 12.4. The van der Waals surface area contributed by atoms with Gasteiger partial charge in [0.1, 0.15) is 0 Å². The normalized spacial score (nSPS) is 12.5. The summed E-state index contributed by atoms with van der Waals surface area (Å²) in [4.78, 5) is 25.5. The van der Waals surface area contributed by atoms with Gasteiger partial charge < -0.3 is 9.64 Å². The number of carbonyl (C=O) groups is 2. The van der Waals surface area contributed by atoms with Gasteiger partial charge in [-0.2, -0.15) is 10.2 Å². The first kappa shape index (κ1) is 16.6. The van der Waals surface area contributed by atoms with Gasteiger partial charge in [-0.3, -0.25) is 4.79 Å². The first-order valence-corrected chi connectivity index (χ1v) is 6.55. The Kier molecular flexibility index (Phi) is 6.80. The SMILES string of the molecule is CCOC(=O)C(/N=N/c1ccccc1)C(=O)/C=C/N(C)C. The molecule has 0 aromatic heterocycles. The number of azo groups is 1. The summed E-state index contributed by atoms with van der Waals surface area (Å²) >= 11 is 0. The molecule has 0 aliphatic rings. The van der Waals surface area contributed by atoms with Gasteiger partial charge in [-0.15, -0.1) is 0 Å². The fraction of sp³-hybridized carbons (Fsp3) is 0.333. The molecule has 0 fully saturated rings. The number of nitrogens with zero attached hydrogens (tertiary/aromatic N) is 3. The van der Waals surface area contributed by atoms with Crippen molar-refractivity contribution in [2.45, 2.75) is 13.0 Å². The Morgan fingerprint density at radius 1 is 1.29 bits per heavy atom. The van der Waals surface area contributed by atoms with Crippen LogP contribution in [0.25, 0.3) is 0 Å². The van der Waals surface area contributed by atoms with Crippen molar-refractivity contribution in [3.05, 3.63) is 42.6 Å². The lowest BCUT2D eigenvalue weighted by molar-refractivity contribution is -0.146. The monoisotopic (exact) mass is 289 g/mol. The number of rotatable bonds is 7. The van der Waals surface area contributed by atoms with Crippen molar-refractivity contribution >= 4 is 17.4 Å². The molecule has 6 heteroatoms. The number of ketones is 1. The number of ether oxygens (including phenoxy) is 1. The topological polar surface area (TPSA) is 71.3 Å². The average molecular weight is 289 g/mol. The van der Waals surface area contributed by atoms with Crippen LogP contribution in [0.5, 0.6) is 0 Å². The van der Waals surface area contributed by atoms with E-state index in [0.29, 0.717) is 5.69 Å². The molecule has 1 aromatic carbocycles. The van der Waals surface area contributed by atoms with Gasteiger partial charge in [0.25, 0.3) is 0 Å². The summed E-state index contributed by atoms with van der Waals surface area (Å²) in [5, 5.41) is 7.74. The summed E-state index contributed by atoms with van der Waals surface area (Å²) in [7, 11) is 3.54. The molecular weight excluding hydrogens is 270 g/mol. The van der Waals surface area contributed by atoms with Gasteiger partial charge in [-0.25, -0.2) is 4.79 Å². The standard InChI is InChI=1S/C15H19N3O3/c1-4-21-15(20)14(13(19)10-11-18(2)3)17-16-12-8-6-5-7-9-12/h5-11,14H,4H2,1-3H3/b11-10+,17-16+. The highest BCUT2D eigenvalue weighted by Crippen LogP contribution is 2.12. The van der Waals surface area contributed by atoms with Gasteiger partial charge in [0.15, 0.2) is 5.78 Å². The van der Waals surface area contributed by atoms with Crippen LogP contribution < -0.4 is 0 Å². The van der Waals surface area contributed by atoms with Crippen LogP contribution in [0.15, 0.2) is 52.8 Å². The van der Waals surface area contributed by atoms with Crippen LogP contribution in [0.1, 0.15) is 6.92 Å². The van der Waals surface area contributed by atoms with E-state index in [2.05, 4.69) is 10.2 Å². The van der Waals surface area contributed by atoms with E-state index in [1.807, 2.05) is 6.07 Å². The molecular formula is C15H19N3O3. The molecule has 0 heterocycles. The zero-order chi connectivity index (χ0) is 15.7. The zero-order valence-corrected chi connectivity index (χ0v) is 12.4. The van der Waals surface area contributed by atoms with Crippen molar-refractivity contribution in [2.75, 3.05) is 20.7 Å². The highest BCUT2D eigenvalue weighted by molar-refractivity contribution is 6.08. The molecule has 0 saturated heterocycles. The molecule has 112 valence electrons. The molecule has 1 rings (SSSR count). The van der Waals surface area contributed by atoms with Crippen LogP contribution in [-0.4, -0.2) is 43.4 Å². The number of esters is 1. The molecule has 6 nitrogen and oxygen atoms in total. The number of benzene rings is 1. The van der Waals surface area contributed by atoms with Crippen LogP contribution in [0.3, 0.4) is 0 Å². The van der Waals surface area contributed by atoms with E-state index in [1.54, 1.807) is 56.4 Å². The minimum Gasteiger partial charge on any atom is -0.464 e. The second kappa shape index (κ2) is 8.63.